The van der Waals surface area contributed by atoms with Gasteiger partial charge in [-0.3, -0.25) is 4.79 Å². The third kappa shape index (κ3) is 4.25. The minimum atomic E-state index is -0.669. The number of hydrogen-bond donors (Lipinski definition) is 2. The molecule has 1 aromatic carbocycles. The van der Waals surface area contributed by atoms with Crippen molar-refractivity contribution >= 4 is 17.5 Å². The molecule has 100 valence electrons. The van der Waals surface area contributed by atoms with Crippen molar-refractivity contribution in [3.63, 3.8) is 0 Å². The summed E-state index contributed by atoms with van der Waals surface area (Å²) < 4.78 is 18.1. The third-order valence-electron chi connectivity index (χ3n) is 2.31. The average Bonchev–Trinajstić information content (AvgIpc) is 2.29. The van der Waals surface area contributed by atoms with Crippen molar-refractivity contribution in [3.05, 3.63) is 34.6 Å². The zero-order chi connectivity index (χ0) is 13.5. The number of aliphatic hydroxyl groups excluding tert-OH is 1. The average molecular weight is 276 g/mol. The molecule has 1 atom stereocenters. The van der Waals surface area contributed by atoms with E-state index in [-0.39, 0.29) is 23.7 Å². The number of methoxy groups -OCH3 is 1. The summed E-state index contributed by atoms with van der Waals surface area (Å²) in [6, 6.07) is 4.04. The Bertz CT molecular complexity index is 394. The van der Waals surface area contributed by atoms with Gasteiger partial charge in [-0.25, -0.2) is 4.39 Å². The number of hydrogen-bond acceptors (Lipinski definition) is 3. The zero-order valence-corrected chi connectivity index (χ0v) is 10.7. The van der Waals surface area contributed by atoms with E-state index < -0.39 is 17.8 Å². The number of halogens is 2. The van der Waals surface area contributed by atoms with Crippen LogP contribution in [0.4, 0.5) is 4.39 Å². The van der Waals surface area contributed by atoms with Crippen molar-refractivity contribution in [2.24, 2.45) is 0 Å². The lowest BCUT2D eigenvalue weighted by Gasteiger charge is -2.11. The van der Waals surface area contributed by atoms with Crippen LogP contribution in [-0.2, 0) is 4.74 Å². The molecule has 1 aromatic rings. The van der Waals surface area contributed by atoms with Gasteiger partial charge in [0.2, 0.25) is 0 Å². The van der Waals surface area contributed by atoms with Crippen molar-refractivity contribution < 1.29 is 19.0 Å². The maximum atomic E-state index is 13.4. The molecule has 0 spiro atoms. The van der Waals surface area contributed by atoms with E-state index in [1.165, 1.54) is 25.3 Å². The highest BCUT2D eigenvalue weighted by Gasteiger charge is 2.15. The number of benzene rings is 1. The highest BCUT2D eigenvalue weighted by atomic mass is 35.5. The van der Waals surface area contributed by atoms with Crippen LogP contribution in [0.2, 0.25) is 5.02 Å². The summed E-state index contributed by atoms with van der Waals surface area (Å²) in [4.78, 5) is 11.7. The van der Waals surface area contributed by atoms with Gasteiger partial charge in [-0.15, -0.1) is 0 Å². The lowest BCUT2D eigenvalue weighted by atomic mass is 10.2. The van der Waals surface area contributed by atoms with Gasteiger partial charge in [-0.05, 0) is 18.6 Å². The van der Waals surface area contributed by atoms with Gasteiger partial charge in [0, 0.05) is 13.7 Å². The molecule has 0 aliphatic carbocycles. The molecule has 0 aromatic heterocycles. The number of carbonyl (C=O) groups is 1. The van der Waals surface area contributed by atoms with Crippen molar-refractivity contribution in [1.29, 1.82) is 0 Å². The van der Waals surface area contributed by atoms with E-state index in [9.17, 15) is 14.3 Å². The Labute approximate surface area is 110 Å². The summed E-state index contributed by atoms with van der Waals surface area (Å²) in [6.07, 6.45) is -0.336. The Morgan fingerprint density at radius 1 is 1.61 bits per heavy atom. The molecule has 0 aliphatic heterocycles. The lowest BCUT2D eigenvalue weighted by molar-refractivity contribution is 0.0587. The fourth-order valence-electron chi connectivity index (χ4n) is 1.43. The quantitative estimate of drug-likeness (QED) is 0.829. The summed E-state index contributed by atoms with van der Waals surface area (Å²) in [5.74, 6) is -1.26. The van der Waals surface area contributed by atoms with Crippen molar-refractivity contribution in [2.45, 2.75) is 12.5 Å². The minimum absolute atomic E-state index is 0.0601. The second-order valence-corrected chi connectivity index (χ2v) is 4.16. The maximum absolute atomic E-state index is 13.4. The van der Waals surface area contributed by atoms with Crippen molar-refractivity contribution in [2.75, 3.05) is 20.3 Å². The van der Waals surface area contributed by atoms with E-state index in [1.54, 1.807) is 0 Å². The molecule has 0 radical (unpaired) electrons. The van der Waals surface area contributed by atoms with Crippen LogP contribution in [0.1, 0.15) is 16.8 Å². The molecule has 1 amide bonds. The first-order valence-electron chi connectivity index (χ1n) is 5.45. The second-order valence-electron chi connectivity index (χ2n) is 3.75. The molecule has 1 rings (SSSR count). The Kier molecular flexibility index (Phi) is 6.04. The summed E-state index contributed by atoms with van der Waals surface area (Å²) in [7, 11) is 1.47. The molecule has 0 bridgehead atoms. The van der Waals surface area contributed by atoms with Crippen LogP contribution in [0.3, 0.4) is 0 Å². The molecule has 0 saturated heterocycles. The number of amides is 1. The maximum Gasteiger partial charge on any atom is 0.255 e. The van der Waals surface area contributed by atoms with Gasteiger partial charge in [0.05, 0.1) is 23.3 Å². The lowest BCUT2D eigenvalue weighted by Crippen LogP contribution is -2.29. The van der Waals surface area contributed by atoms with E-state index in [1.807, 2.05) is 0 Å². The van der Waals surface area contributed by atoms with E-state index >= 15 is 0 Å². The number of rotatable bonds is 6. The van der Waals surface area contributed by atoms with E-state index in [0.29, 0.717) is 6.42 Å². The predicted molar refractivity (Wildman–Crippen MR) is 66.2 cm³/mol. The molecule has 0 saturated carbocycles. The molecule has 6 heteroatoms. The summed E-state index contributed by atoms with van der Waals surface area (Å²) in [5.41, 5.74) is -0.180. The van der Waals surface area contributed by atoms with Crippen molar-refractivity contribution in [1.82, 2.24) is 5.32 Å². The first-order valence-corrected chi connectivity index (χ1v) is 5.83. The normalized spacial score (nSPS) is 12.2. The topological polar surface area (TPSA) is 58.6 Å². The summed E-state index contributed by atoms with van der Waals surface area (Å²) in [5, 5.41) is 11.9. The molecular weight excluding hydrogens is 261 g/mol. The first kappa shape index (κ1) is 14.9. The van der Waals surface area contributed by atoms with E-state index in [2.05, 4.69) is 5.32 Å². The molecule has 18 heavy (non-hydrogen) atoms. The largest absolute Gasteiger partial charge is 0.391 e. The Balaban J connectivity index is 2.51. The first-order chi connectivity index (χ1) is 8.56. The fraction of sp³-hybridized carbons (Fsp3) is 0.417. The Morgan fingerprint density at radius 3 is 2.94 bits per heavy atom. The Hall–Kier alpha value is -1.17. The van der Waals surface area contributed by atoms with Gasteiger partial charge in [0.25, 0.3) is 5.91 Å². The molecule has 1 unspecified atom stereocenters. The second kappa shape index (κ2) is 7.31. The standard InChI is InChI=1S/C12H15ClFNO3/c1-18-7-8(16)5-6-15-12(17)11-9(13)3-2-4-10(11)14/h2-4,8,16H,5-7H2,1H3,(H,15,17). The number of nitrogens with one attached hydrogen (secondary N) is 1. The predicted octanol–water partition coefficient (Wildman–Crippen LogP) is 1.61. The van der Waals surface area contributed by atoms with Gasteiger partial charge < -0.3 is 15.2 Å². The highest BCUT2D eigenvalue weighted by Crippen LogP contribution is 2.18. The number of ether oxygens (including phenoxy) is 1. The molecule has 0 aliphatic rings. The monoisotopic (exact) mass is 275 g/mol. The zero-order valence-electron chi connectivity index (χ0n) is 9.95. The third-order valence-corrected chi connectivity index (χ3v) is 2.63. The summed E-state index contributed by atoms with van der Waals surface area (Å²) in [6.45, 7) is 0.407. The van der Waals surface area contributed by atoms with Gasteiger partial charge in [-0.2, -0.15) is 0 Å². The molecule has 0 fully saturated rings. The number of aliphatic hydroxyl groups is 1. The van der Waals surface area contributed by atoms with Crippen LogP contribution in [0.15, 0.2) is 18.2 Å². The van der Waals surface area contributed by atoms with Crippen LogP contribution in [0.25, 0.3) is 0 Å². The van der Waals surface area contributed by atoms with Gasteiger partial charge in [0.1, 0.15) is 5.82 Å². The van der Waals surface area contributed by atoms with E-state index in [4.69, 9.17) is 16.3 Å². The SMILES string of the molecule is COCC(O)CCNC(=O)c1c(F)cccc1Cl. The van der Waals surface area contributed by atoms with Crippen molar-refractivity contribution in [3.8, 4) is 0 Å². The van der Waals surface area contributed by atoms with Crippen LogP contribution in [0, 0.1) is 5.82 Å². The molecular formula is C12H15ClFNO3. The fourth-order valence-corrected chi connectivity index (χ4v) is 1.68. The molecule has 0 heterocycles. The van der Waals surface area contributed by atoms with Gasteiger partial charge >= 0.3 is 0 Å². The van der Waals surface area contributed by atoms with Gasteiger partial charge in [0.15, 0.2) is 0 Å². The minimum Gasteiger partial charge on any atom is -0.391 e. The van der Waals surface area contributed by atoms with Crippen LogP contribution >= 0.6 is 11.6 Å². The van der Waals surface area contributed by atoms with E-state index in [0.717, 1.165) is 0 Å². The molecule has 2 N–H and O–H groups in total. The van der Waals surface area contributed by atoms with Crippen LogP contribution < -0.4 is 5.32 Å². The van der Waals surface area contributed by atoms with Crippen LogP contribution in [-0.4, -0.2) is 37.4 Å². The summed E-state index contributed by atoms with van der Waals surface area (Å²) >= 11 is 5.75. The smallest absolute Gasteiger partial charge is 0.255 e. The highest BCUT2D eigenvalue weighted by molar-refractivity contribution is 6.33. The molecule has 4 nitrogen and oxygen atoms in total. The van der Waals surface area contributed by atoms with Gasteiger partial charge in [-0.1, -0.05) is 17.7 Å². The number of carbonyl (C=O) groups excluding carboxylic acids is 1. The van der Waals surface area contributed by atoms with Crippen LogP contribution in [0.5, 0.6) is 0 Å². The Morgan fingerprint density at radius 2 is 2.33 bits per heavy atom.